The molecule has 0 heterocycles. The van der Waals surface area contributed by atoms with Crippen molar-refractivity contribution in [1.29, 1.82) is 0 Å². The van der Waals surface area contributed by atoms with Crippen molar-refractivity contribution in [2.75, 3.05) is 13.7 Å². The highest BCUT2D eigenvalue weighted by Crippen LogP contribution is 2.23. The lowest BCUT2D eigenvalue weighted by Gasteiger charge is -2.34. The van der Waals surface area contributed by atoms with Crippen LogP contribution in [0.25, 0.3) is 0 Å². The lowest BCUT2D eigenvalue weighted by molar-refractivity contribution is 0.0775. The molecular weight excluding hydrogens is 294 g/mol. The quantitative estimate of drug-likeness (QED) is 0.544. The van der Waals surface area contributed by atoms with Crippen LogP contribution in [-0.4, -0.2) is 33.4 Å². The molecule has 0 N–H and O–H groups in total. The first-order valence-electron chi connectivity index (χ1n) is 7.55. The summed E-state index contributed by atoms with van der Waals surface area (Å²) in [6.07, 6.45) is 6.77. The van der Waals surface area contributed by atoms with Crippen LogP contribution in [0.1, 0.15) is 39.2 Å². The Bertz CT molecular complexity index is 464. The number of benzene rings is 1. The number of hydrogen-bond acceptors (Lipinski definition) is 3. The third kappa shape index (κ3) is 6.41. The minimum Gasteiger partial charge on any atom is -0.597 e. The molecule has 0 aliphatic rings. The summed E-state index contributed by atoms with van der Waals surface area (Å²) >= 11 is -1.10. The third-order valence-electron chi connectivity index (χ3n) is 3.31. The van der Waals surface area contributed by atoms with E-state index < -0.39 is 11.4 Å². The first-order chi connectivity index (χ1) is 10.4. The summed E-state index contributed by atoms with van der Waals surface area (Å²) in [5, 5.41) is 0. The van der Waals surface area contributed by atoms with E-state index in [-0.39, 0.29) is 10.9 Å². The van der Waals surface area contributed by atoms with Gasteiger partial charge in [-0.3, -0.25) is 0 Å². The van der Waals surface area contributed by atoms with Crippen LogP contribution in [0.2, 0.25) is 0 Å². The van der Waals surface area contributed by atoms with Gasteiger partial charge in [-0.25, -0.2) is 0 Å². The number of hydrogen-bond donors (Lipinski definition) is 0. The van der Waals surface area contributed by atoms with E-state index in [0.717, 1.165) is 12.0 Å². The number of rotatable bonds is 8. The van der Waals surface area contributed by atoms with Crippen molar-refractivity contribution in [2.24, 2.45) is 0 Å². The summed E-state index contributed by atoms with van der Waals surface area (Å²) in [7, 11) is 1.68. The van der Waals surface area contributed by atoms with Crippen LogP contribution < -0.4 is 0 Å². The molecule has 0 radical (unpaired) electrons. The third-order valence-corrected chi connectivity index (χ3v) is 5.11. The van der Waals surface area contributed by atoms with Crippen LogP contribution in [0, 0.1) is 12.3 Å². The maximum Gasteiger partial charge on any atom is 0.137 e. The summed E-state index contributed by atoms with van der Waals surface area (Å²) in [5.74, 6) is 2.64. The van der Waals surface area contributed by atoms with Gasteiger partial charge in [-0.1, -0.05) is 30.3 Å². The van der Waals surface area contributed by atoms with Gasteiger partial charge in [0.1, 0.15) is 4.75 Å². The maximum absolute atomic E-state index is 12.8. The Morgan fingerprint density at radius 1 is 1.32 bits per heavy atom. The second kappa shape index (κ2) is 9.22. The molecule has 0 aliphatic carbocycles. The van der Waals surface area contributed by atoms with Gasteiger partial charge in [-0.15, -0.1) is 16.6 Å². The number of methoxy groups -OCH3 is 1. The topological polar surface area (TPSA) is 35.5 Å². The normalized spacial score (nSPS) is 14.6. The predicted octanol–water partition coefficient (Wildman–Crippen LogP) is 3.38. The summed E-state index contributed by atoms with van der Waals surface area (Å²) in [5.41, 5.74) is 1.15. The van der Waals surface area contributed by atoms with Gasteiger partial charge >= 0.3 is 0 Å². The van der Waals surface area contributed by atoms with Gasteiger partial charge in [0.2, 0.25) is 0 Å². The lowest BCUT2D eigenvalue weighted by Crippen LogP contribution is -2.46. The molecule has 22 heavy (non-hydrogen) atoms. The van der Waals surface area contributed by atoms with Crippen molar-refractivity contribution >= 4 is 11.4 Å². The molecule has 1 rings (SSSR count). The highest BCUT2D eigenvalue weighted by molar-refractivity contribution is 7.90. The van der Waals surface area contributed by atoms with E-state index >= 15 is 0 Å². The van der Waals surface area contributed by atoms with Crippen molar-refractivity contribution in [3.05, 3.63) is 35.9 Å². The monoisotopic (exact) mass is 321 g/mol. The maximum atomic E-state index is 12.8. The molecule has 0 bridgehead atoms. The van der Waals surface area contributed by atoms with Crippen molar-refractivity contribution in [3.8, 4) is 12.3 Å². The Morgan fingerprint density at radius 3 is 2.45 bits per heavy atom. The van der Waals surface area contributed by atoms with Crippen molar-refractivity contribution in [1.82, 2.24) is 4.31 Å². The number of nitrogens with zero attached hydrogens (tertiary/aromatic N) is 1. The smallest absolute Gasteiger partial charge is 0.137 e. The molecule has 122 valence electrons. The van der Waals surface area contributed by atoms with E-state index in [2.05, 4.69) is 18.1 Å². The van der Waals surface area contributed by atoms with Crippen LogP contribution >= 0.6 is 0 Å². The van der Waals surface area contributed by atoms with Crippen molar-refractivity contribution < 1.29 is 9.29 Å². The Kier molecular flexibility index (Phi) is 7.98. The Hall–Kier alpha value is -0.990. The Balaban J connectivity index is 2.84. The molecule has 0 amide bonds. The molecule has 0 fully saturated rings. The summed E-state index contributed by atoms with van der Waals surface area (Å²) in [4.78, 5) is 0. The van der Waals surface area contributed by atoms with Gasteiger partial charge < -0.3 is 9.29 Å². The van der Waals surface area contributed by atoms with Crippen molar-refractivity contribution in [2.45, 2.75) is 51.0 Å². The zero-order valence-corrected chi connectivity index (χ0v) is 14.9. The Morgan fingerprint density at radius 2 is 1.95 bits per heavy atom. The van der Waals surface area contributed by atoms with Gasteiger partial charge in [0, 0.05) is 24.9 Å². The summed E-state index contributed by atoms with van der Waals surface area (Å²) < 4.78 is 20.0. The minimum atomic E-state index is -1.10. The zero-order valence-electron chi connectivity index (χ0n) is 14.0. The lowest BCUT2D eigenvalue weighted by atomic mass is 10.2. The fraction of sp³-hybridized carbons (Fsp3) is 0.556. The van der Waals surface area contributed by atoms with Gasteiger partial charge in [0.25, 0.3) is 0 Å². The fourth-order valence-corrected chi connectivity index (χ4v) is 3.46. The van der Waals surface area contributed by atoms with E-state index in [4.69, 9.17) is 11.2 Å². The van der Waals surface area contributed by atoms with Crippen LogP contribution in [-0.2, 0) is 22.6 Å². The molecule has 1 aromatic rings. The molecule has 0 saturated carbocycles. The van der Waals surface area contributed by atoms with Gasteiger partial charge in [-0.05, 0) is 32.8 Å². The summed E-state index contributed by atoms with van der Waals surface area (Å²) in [6.45, 7) is 7.22. The number of terminal acetylenes is 1. The molecular formula is C18H27NO2S. The highest BCUT2D eigenvalue weighted by Gasteiger charge is 2.34. The molecule has 3 nitrogen and oxygen atoms in total. The first-order valence-corrected chi connectivity index (χ1v) is 8.66. The average Bonchev–Trinajstić information content (AvgIpc) is 2.49. The predicted molar refractivity (Wildman–Crippen MR) is 93.6 cm³/mol. The largest absolute Gasteiger partial charge is 0.597 e. The molecule has 2 atom stereocenters. The fourth-order valence-electron chi connectivity index (χ4n) is 2.12. The molecule has 0 saturated heterocycles. The second-order valence-corrected chi connectivity index (χ2v) is 8.51. The van der Waals surface area contributed by atoms with E-state index in [1.807, 2.05) is 43.3 Å². The van der Waals surface area contributed by atoms with Crippen LogP contribution in [0.15, 0.2) is 30.3 Å². The van der Waals surface area contributed by atoms with E-state index in [1.165, 1.54) is 0 Å². The van der Waals surface area contributed by atoms with Crippen LogP contribution in [0.5, 0.6) is 0 Å². The Labute approximate surface area is 138 Å². The van der Waals surface area contributed by atoms with Crippen LogP contribution in [0.4, 0.5) is 0 Å². The number of ether oxygens (including phenoxy) is 1. The molecule has 1 aromatic carbocycles. The summed E-state index contributed by atoms with van der Waals surface area (Å²) in [6, 6.07) is 10.1. The van der Waals surface area contributed by atoms with Gasteiger partial charge in [0.05, 0.1) is 19.2 Å². The standard InChI is InChI=1S/C18H27NO2S/c1-6-7-13-17(21-5)15-19(22(20)18(2,3)4)14-16-11-9-8-10-12-16/h1,8-12,17H,7,13-15H2,2-5H3/t17-,22?/m0/s1. The highest BCUT2D eigenvalue weighted by atomic mass is 32.2. The molecule has 4 heteroatoms. The van der Waals surface area contributed by atoms with E-state index in [0.29, 0.717) is 19.5 Å². The minimum absolute atomic E-state index is 0.00828. The first kappa shape index (κ1) is 19.1. The van der Waals surface area contributed by atoms with Crippen LogP contribution in [0.3, 0.4) is 0 Å². The van der Waals surface area contributed by atoms with Crippen molar-refractivity contribution in [3.63, 3.8) is 0 Å². The SMILES string of the molecule is C#CCC[C@@H](CN(Cc1ccccc1)[S+]([O-])C(C)(C)C)OC. The average molecular weight is 321 g/mol. The van der Waals surface area contributed by atoms with E-state index in [9.17, 15) is 4.55 Å². The van der Waals surface area contributed by atoms with Gasteiger partial charge in [-0.2, -0.15) is 0 Å². The van der Waals surface area contributed by atoms with Gasteiger partial charge in [0.15, 0.2) is 0 Å². The second-order valence-electron chi connectivity index (χ2n) is 6.27. The molecule has 0 spiro atoms. The zero-order chi connectivity index (χ0) is 16.6. The van der Waals surface area contributed by atoms with E-state index in [1.54, 1.807) is 7.11 Å². The molecule has 1 unspecified atom stereocenters. The molecule has 0 aromatic heterocycles. The molecule has 0 aliphatic heterocycles.